The van der Waals surface area contributed by atoms with E-state index in [0.29, 0.717) is 5.82 Å². The van der Waals surface area contributed by atoms with E-state index in [4.69, 9.17) is 19.9 Å². The lowest BCUT2D eigenvalue weighted by Gasteiger charge is -2.14. The van der Waals surface area contributed by atoms with Gasteiger partial charge in [0.1, 0.15) is 0 Å². The predicted octanol–water partition coefficient (Wildman–Crippen LogP) is 11.1. The number of rotatable bonds is 5. The molecule has 3 heterocycles. The number of hydrogen-bond acceptors (Lipinski definition) is 4. The Morgan fingerprint density at radius 1 is 0.292 bits per heavy atom. The summed E-state index contributed by atoms with van der Waals surface area (Å²) in [5.41, 5.74) is 10.7. The molecule has 0 aliphatic heterocycles. The van der Waals surface area contributed by atoms with E-state index >= 15 is 0 Å². The summed E-state index contributed by atoms with van der Waals surface area (Å²) in [7, 11) is 0. The summed E-state index contributed by atoms with van der Waals surface area (Å²) in [6.45, 7) is 0. The number of nitrogens with zero attached hydrogens (tertiary/aromatic N) is 4. The molecule has 0 spiro atoms. The number of fused-ring (bicyclic) bond motifs is 5. The Morgan fingerprint density at radius 2 is 0.833 bits per heavy atom. The largest absolute Gasteiger partial charge is 0.248 e. The second-order valence-corrected chi connectivity index (χ2v) is 11.9. The average Bonchev–Trinajstić information content (AvgIpc) is 3.18. The Hall–Kier alpha value is -6.52. The predicted molar refractivity (Wildman–Crippen MR) is 197 cm³/mol. The lowest BCUT2D eigenvalue weighted by Crippen LogP contribution is -1.96. The van der Waals surface area contributed by atoms with Gasteiger partial charge in [-0.15, -0.1) is 0 Å². The molecule has 9 aromatic rings. The first-order chi connectivity index (χ1) is 23.8. The number of benzene rings is 6. The van der Waals surface area contributed by atoms with Crippen molar-refractivity contribution < 1.29 is 0 Å². The van der Waals surface area contributed by atoms with Crippen molar-refractivity contribution in [3.63, 3.8) is 0 Å². The van der Waals surface area contributed by atoms with Gasteiger partial charge in [0.25, 0.3) is 0 Å². The van der Waals surface area contributed by atoms with Crippen LogP contribution in [0.1, 0.15) is 0 Å². The van der Waals surface area contributed by atoms with E-state index in [0.717, 1.165) is 83.2 Å². The third kappa shape index (κ3) is 4.97. The fourth-order valence-electron chi connectivity index (χ4n) is 6.51. The quantitative estimate of drug-likeness (QED) is 0.181. The maximum absolute atomic E-state index is 5.38. The third-order valence-corrected chi connectivity index (χ3v) is 8.87. The first-order valence-corrected chi connectivity index (χ1v) is 16.1. The molecule has 3 aromatic heterocycles. The molecule has 0 aliphatic rings. The lowest BCUT2D eigenvalue weighted by molar-refractivity contribution is 1.18. The smallest absolute Gasteiger partial charge is 0.160 e. The molecule has 6 aromatic carbocycles. The average molecular weight is 613 g/mol. The number of pyridine rings is 2. The highest BCUT2D eigenvalue weighted by molar-refractivity contribution is 6.21. The Balaban J connectivity index is 1.26. The molecule has 0 bridgehead atoms. The molecule has 0 unspecified atom stereocenters. The molecule has 0 saturated heterocycles. The van der Waals surface area contributed by atoms with Gasteiger partial charge in [0, 0.05) is 44.0 Å². The van der Waals surface area contributed by atoms with Gasteiger partial charge in [-0.25, -0.2) is 19.9 Å². The second kappa shape index (κ2) is 11.7. The summed E-state index contributed by atoms with van der Waals surface area (Å²) in [6.07, 6.45) is 0. The first kappa shape index (κ1) is 27.8. The number of aromatic nitrogens is 4. The normalized spacial score (nSPS) is 11.3. The molecule has 0 aliphatic carbocycles. The van der Waals surface area contributed by atoms with Crippen LogP contribution in [0.3, 0.4) is 0 Å². The standard InChI is InChI=1S/C44H28N4/c1-5-13-29(14-6-1)37-25-24-36-38(45-37)26-23-35-34-22-21-33(27-41(34)46-43(42(35)36)31-17-9-3-10-18-31)40-28-39(30-15-7-2-8-16-30)47-44(48-40)32-19-11-4-12-20-32/h1-28H. The first-order valence-electron chi connectivity index (χ1n) is 16.1. The molecule has 0 radical (unpaired) electrons. The highest BCUT2D eigenvalue weighted by Crippen LogP contribution is 2.39. The van der Waals surface area contributed by atoms with Gasteiger partial charge in [-0.05, 0) is 35.7 Å². The van der Waals surface area contributed by atoms with Crippen molar-refractivity contribution in [1.29, 1.82) is 0 Å². The summed E-state index contributed by atoms with van der Waals surface area (Å²) in [5, 5.41) is 4.42. The Bertz CT molecular complexity index is 2530. The summed E-state index contributed by atoms with van der Waals surface area (Å²) < 4.78 is 0. The summed E-state index contributed by atoms with van der Waals surface area (Å²) in [4.78, 5) is 20.5. The van der Waals surface area contributed by atoms with E-state index in [2.05, 4.69) is 109 Å². The number of hydrogen-bond donors (Lipinski definition) is 0. The molecule has 0 fully saturated rings. The highest BCUT2D eigenvalue weighted by atomic mass is 14.9. The van der Waals surface area contributed by atoms with Crippen LogP contribution in [-0.2, 0) is 0 Å². The van der Waals surface area contributed by atoms with Gasteiger partial charge in [0.2, 0.25) is 0 Å². The highest BCUT2D eigenvalue weighted by Gasteiger charge is 2.17. The van der Waals surface area contributed by atoms with Crippen LogP contribution >= 0.6 is 0 Å². The Morgan fingerprint density at radius 3 is 1.50 bits per heavy atom. The van der Waals surface area contributed by atoms with Crippen molar-refractivity contribution in [2.75, 3.05) is 0 Å². The van der Waals surface area contributed by atoms with Crippen molar-refractivity contribution in [2.45, 2.75) is 0 Å². The molecule has 48 heavy (non-hydrogen) atoms. The van der Waals surface area contributed by atoms with Crippen molar-refractivity contribution in [1.82, 2.24) is 19.9 Å². The molecule has 4 heteroatoms. The molecule has 4 nitrogen and oxygen atoms in total. The summed E-state index contributed by atoms with van der Waals surface area (Å²) >= 11 is 0. The molecule has 9 rings (SSSR count). The van der Waals surface area contributed by atoms with Gasteiger partial charge < -0.3 is 0 Å². The molecular formula is C44H28N4. The minimum Gasteiger partial charge on any atom is -0.248 e. The fraction of sp³-hybridized carbons (Fsp3) is 0. The monoisotopic (exact) mass is 612 g/mol. The van der Waals surface area contributed by atoms with Crippen LogP contribution in [0.4, 0.5) is 0 Å². The zero-order valence-electron chi connectivity index (χ0n) is 26.0. The zero-order chi connectivity index (χ0) is 31.9. The van der Waals surface area contributed by atoms with Crippen molar-refractivity contribution >= 4 is 32.6 Å². The zero-order valence-corrected chi connectivity index (χ0v) is 26.0. The van der Waals surface area contributed by atoms with E-state index in [-0.39, 0.29) is 0 Å². The second-order valence-electron chi connectivity index (χ2n) is 11.9. The van der Waals surface area contributed by atoms with E-state index in [1.54, 1.807) is 0 Å². The van der Waals surface area contributed by atoms with Gasteiger partial charge in [0.05, 0.1) is 33.8 Å². The SMILES string of the molecule is c1ccc(-c2cc(-c3ccc4c(c3)nc(-c3ccccc3)c3c5ccc(-c6ccccc6)nc5ccc43)nc(-c3ccccc3)n2)cc1. The van der Waals surface area contributed by atoms with Gasteiger partial charge in [0.15, 0.2) is 5.82 Å². The molecule has 0 saturated carbocycles. The summed E-state index contributed by atoms with van der Waals surface area (Å²) in [6, 6.07) is 58.4. The van der Waals surface area contributed by atoms with Crippen LogP contribution in [0, 0.1) is 0 Å². The van der Waals surface area contributed by atoms with E-state index < -0.39 is 0 Å². The van der Waals surface area contributed by atoms with Crippen LogP contribution in [0.2, 0.25) is 0 Å². The van der Waals surface area contributed by atoms with Gasteiger partial charge >= 0.3 is 0 Å². The maximum Gasteiger partial charge on any atom is 0.160 e. The van der Waals surface area contributed by atoms with Crippen LogP contribution in [0.25, 0.3) is 89.0 Å². The Labute approximate surface area is 278 Å². The van der Waals surface area contributed by atoms with Crippen LogP contribution in [-0.4, -0.2) is 19.9 Å². The van der Waals surface area contributed by atoms with E-state index in [9.17, 15) is 0 Å². The molecule has 0 atom stereocenters. The van der Waals surface area contributed by atoms with Crippen LogP contribution in [0.15, 0.2) is 170 Å². The maximum atomic E-state index is 5.38. The van der Waals surface area contributed by atoms with E-state index in [1.165, 1.54) is 0 Å². The van der Waals surface area contributed by atoms with Crippen LogP contribution in [0.5, 0.6) is 0 Å². The minimum absolute atomic E-state index is 0.692. The Kier molecular flexibility index (Phi) is 6.76. The minimum atomic E-state index is 0.692. The van der Waals surface area contributed by atoms with Crippen molar-refractivity contribution in [3.8, 4) is 56.4 Å². The molecule has 224 valence electrons. The lowest BCUT2D eigenvalue weighted by atomic mass is 9.95. The van der Waals surface area contributed by atoms with Gasteiger partial charge in [-0.2, -0.15) is 0 Å². The van der Waals surface area contributed by atoms with E-state index in [1.807, 2.05) is 60.7 Å². The third-order valence-electron chi connectivity index (χ3n) is 8.87. The van der Waals surface area contributed by atoms with Crippen molar-refractivity contribution in [3.05, 3.63) is 170 Å². The topological polar surface area (TPSA) is 51.6 Å². The molecule has 0 N–H and O–H groups in total. The molecule has 0 amide bonds. The summed E-state index contributed by atoms with van der Waals surface area (Å²) in [5.74, 6) is 0.692. The fourth-order valence-corrected chi connectivity index (χ4v) is 6.51. The van der Waals surface area contributed by atoms with Gasteiger partial charge in [-0.3, -0.25) is 0 Å². The molecular weight excluding hydrogens is 585 g/mol. The van der Waals surface area contributed by atoms with Gasteiger partial charge in [-0.1, -0.05) is 140 Å². The van der Waals surface area contributed by atoms with Crippen LogP contribution < -0.4 is 0 Å². The van der Waals surface area contributed by atoms with Crippen molar-refractivity contribution in [2.24, 2.45) is 0 Å².